The van der Waals surface area contributed by atoms with Crippen molar-refractivity contribution < 1.29 is 4.79 Å². The minimum absolute atomic E-state index is 0.0164. The second-order valence-corrected chi connectivity index (χ2v) is 6.80. The Kier molecular flexibility index (Phi) is 4.82. The van der Waals surface area contributed by atoms with Crippen molar-refractivity contribution in [1.82, 2.24) is 24.4 Å². The summed E-state index contributed by atoms with van der Waals surface area (Å²) in [5.41, 5.74) is 7.49. The van der Waals surface area contributed by atoms with E-state index in [1.807, 2.05) is 41.8 Å². The highest BCUT2D eigenvalue weighted by Gasteiger charge is 2.27. The maximum Gasteiger partial charge on any atom is 0.254 e. The molecular formula is C20H22N6O. The number of carbonyl (C=O) groups is 1. The largest absolute Gasteiger partial charge is 0.384 e. The van der Waals surface area contributed by atoms with Crippen LogP contribution in [0, 0.1) is 0 Å². The van der Waals surface area contributed by atoms with Crippen LogP contribution in [0.25, 0.3) is 0 Å². The summed E-state index contributed by atoms with van der Waals surface area (Å²) in [4.78, 5) is 27.2. The maximum absolute atomic E-state index is 12.7. The molecule has 0 unspecified atom stereocenters. The van der Waals surface area contributed by atoms with E-state index in [1.165, 1.54) is 5.56 Å². The monoisotopic (exact) mass is 362 g/mol. The minimum Gasteiger partial charge on any atom is -0.384 e. The second-order valence-electron chi connectivity index (χ2n) is 6.80. The number of piperidine rings is 1. The Morgan fingerprint density at radius 2 is 1.85 bits per heavy atom. The Hall–Kier alpha value is -3.22. The van der Waals surface area contributed by atoms with Crippen LogP contribution in [0.3, 0.4) is 0 Å². The predicted molar refractivity (Wildman–Crippen MR) is 102 cm³/mol. The molecule has 0 saturated carbocycles. The number of rotatable bonds is 4. The highest BCUT2D eigenvalue weighted by Crippen LogP contribution is 2.28. The van der Waals surface area contributed by atoms with Gasteiger partial charge in [0, 0.05) is 62.1 Å². The third-order valence-corrected chi connectivity index (χ3v) is 5.03. The lowest BCUT2D eigenvalue weighted by Gasteiger charge is -2.32. The zero-order valence-electron chi connectivity index (χ0n) is 15.0. The molecule has 3 aromatic heterocycles. The summed E-state index contributed by atoms with van der Waals surface area (Å²) < 4.78 is 2.20. The van der Waals surface area contributed by atoms with Crippen molar-refractivity contribution in [3.63, 3.8) is 0 Å². The van der Waals surface area contributed by atoms with Gasteiger partial charge in [0.15, 0.2) is 0 Å². The summed E-state index contributed by atoms with van der Waals surface area (Å²) in [5.74, 6) is 1.83. The molecule has 3 aromatic rings. The Bertz CT molecular complexity index is 915. The summed E-state index contributed by atoms with van der Waals surface area (Å²) >= 11 is 0. The van der Waals surface area contributed by atoms with Crippen LogP contribution < -0.4 is 5.73 Å². The molecule has 0 bridgehead atoms. The Balaban J connectivity index is 1.41. The van der Waals surface area contributed by atoms with E-state index in [0.29, 0.717) is 30.4 Å². The van der Waals surface area contributed by atoms with E-state index >= 15 is 0 Å². The molecule has 4 rings (SSSR count). The van der Waals surface area contributed by atoms with Crippen LogP contribution in [-0.2, 0) is 6.54 Å². The number of carbonyl (C=O) groups excluding carboxylic acids is 1. The lowest BCUT2D eigenvalue weighted by molar-refractivity contribution is 0.0710. The first-order valence-electron chi connectivity index (χ1n) is 9.11. The SMILES string of the molecule is Nc1cc(C(=O)N2CCC(c3nccn3Cc3ccncc3)CC2)ccn1. The molecule has 7 nitrogen and oxygen atoms in total. The van der Waals surface area contributed by atoms with Gasteiger partial charge in [0.05, 0.1) is 0 Å². The summed E-state index contributed by atoms with van der Waals surface area (Å²) in [7, 11) is 0. The average molecular weight is 362 g/mol. The minimum atomic E-state index is 0.0164. The first kappa shape index (κ1) is 17.2. The van der Waals surface area contributed by atoms with Gasteiger partial charge in [-0.3, -0.25) is 9.78 Å². The van der Waals surface area contributed by atoms with E-state index in [0.717, 1.165) is 25.2 Å². The molecule has 1 aliphatic rings. The zero-order chi connectivity index (χ0) is 18.6. The molecule has 7 heteroatoms. The van der Waals surface area contributed by atoms with Crippen LogP contribution in [0.1, 0.15) is 40.5 Å². The van der Waals surface area contributed by atoms with Crippen LogP contribution >= 0.6 is 0 Å². The van der Waals surface area contributed by atoms with Gasteiger partial charge < -0.3 is 15.2 Å². The zero-order valence-corrected chi connectivity index (χ0v) is 15.0. The number of imidazole rings is 1. The number of hydrogen-bond acceptors (Lipinski definition) is 5. The average Bonchev–Trinajstić information content (AvgIpc) is 3.16. The van der Waals surface area contributed by atoms with Crippen molar-refractivity contribution >= 4 is 11.7 Å². The highest BCUT2D eigenvalue weighted by atomic mass is 16.2. The summed E-state index contributed by atoms with van der Waals surface area (Å²) in [6, 6.07) is 7.39. The lowest BCUT2D eigenvalue weighted by atomic mass is 9.95. The van der Waals surface area contributed by atoms with Crippen LogP contribution in [-0.4, -0.2) is 43.4 Å². The highest BCUT2D eigenvalue weighted by molar-refractivity contribution is 5.94. The molecule has 0 spiro atoms. The molecular weight excluding hydrogens is 340 g/mol. The van der Waals surface area contributed by atoms with E-state index in [-0.39, 0.29) is 5.91 Å². The van der Waals surface area contributed by atoms with Crippen LogP contribution in [0.5, 0.6) is 0 Å². The molecule has 138 valence electrons. The summed E-state index contributed by atoms with van der Waals surface area (Å²) in [6.07, 6.45) is 10.9. The van der Waals surface area contributed by atoms with Gasteiger partial charge in [0.2, 0.25) is 0 Å². The Morgan fingerprint density at radius 1 is 1.07 bits per heavy atom. The molecule has 0 atom stereocenters. The second kappa shape index (κ2) is 7.57. The first-order valence-corrected chi connectivity index (χ1v) is 9.11. The fraction of sp³-hybridized carbons (Fsp3) is 0.300. The fourth-order valence-corrected chi connectivity index (χ4v) is 3.60. The summed E-state index contributed by atoms with van der Waals surface area (Å²) in [5, 5.41) is 0. The van der Waals surface area contributed by atoms with Gasteiger partial charge >= 0.3 is 0 Å². The topological polar surface area (TPSA) is 89.9 Å². The van der Waals surface area contributed by atoms with E-state index in [4.69, 9.17) is 5.73 Å². The summed E-state index contributed by atoms with van der Waals surface area (Å²) in [6.45, 7) is 2.22. The molecule has 0 radical (unpaired) electrons. The number of nitrogen functional groups attached to an aromatic ring is 1. The van der Waals surface area contributed by atoms with Gasteiger partial charge in [0.1, 0.15) is 11.6 Å². The molecule has 1 aliphatic heterocycles. The number of nitrogens with zero attached hydrogens (tertiary/aromatic N) is 5. The van der Waals surface area contributed by atoms with Crippen LogP contribution in [0.4, 0.5) is 5.82 Å². The van der Waals surface area contributed by atoms with Crippen molar-refractivity contribution in [2.45, 2.75) is 25.3 Å². The van der Waals surface area contributed by atoms with Gasteiger partial charge in [-0.1, -0.05) is 0 Å². The Labute approximate surface area is 157 Å². The molecule has 27 heavy (non-hydrogen) atoms. The van der Waals surface area contributed by atoms with Crippen LogP contribution in [0.15, 0.2) is 55.2 Å². The molecule has 0 aliphatic carbocycles. The maximum atomic E-state index is 12.7. The van der Waals surface area contributed by atoms with E-state index < -0.39 is 0 Å². The van der Waals surface area contributed by atoms with Gasteiger partial charge in [-0.05, 0) is 42.7 Å². The van der Waals surface area contributed by atoms with Crippen LogP contribution in [0.2, 0.25) is 0 Å². The number of likely N-dealkylation sites (tertiary alicyclic amines) is 1. The van der Waals surface area contributed by atoms with Crippen molar-refractivity contribution in [2.75, 3.05) is 18.8 Å². The van der Waals surface area contributed by atoms with Crippen molar-refractivity contribution in [2.24, 2.45) is 0 Å². The number of nitrogens with two attached hydrogens (primary N) is 1. The lowest BCUT2D eigenvalue weighted by Crippen LogP contribution is -2.38. The molecule has 4 heterocycles. The Morgan fingerprint density at radius 3 is 2.59 bits per heavy atom. The van der Waals surface area contributed by atoms with Crippen molar-refractivity contribution in [1.29, 1.82) is 0 Å². The molecule has 1 fully saturated rings. The van der Waals surface area contributed by atoms with Crippen molar-refractivity contribution in [3.8, 4) is 0 Å². The third kappa shape index (κ3) is 3.81. The number of hydrogen-bond donors (Lipinski definition) is 1. The number of pyridine rings is 2. The van der Waals surface area contributed by atoms with Gasteiger partial charge in [-0.2, -0.15) is 0 Å². The molecule has 1 saturated heterocycles. The van der Waals surface area contributed by atoms with Gasteiger partial charge in [-0.25, -0.2) is 9.97 Å². The number of amides is 1. The molecule has 2 N–H and O–H groups in total. The van der Waals surface area contributed by atoms with E-state index in [1.54, 1.807) is 18.3 Å². The van der Waals surface area contributed by atoms with Crippen molar-refractivity contribution in [3.05, 3.63) is 72.2 Å². The predicted octanol–water partition coefficient (Wildman–Crippen LogP) is 2.32. The molecule has 1 amide bonds. The van der Waals surface area contributed by atoms with Gasteiger partial charge in [0.25, 0.3) is 5.91 Å². The fourth-order valence-electron chi connectivity index (χ4n) is 3.60. The van der Waals surface area contributed by atoms with E-state index in [2.05, 4.69) is 19.5 Å². The number of aromatic nitrogens is 4. The first-order chi connectivity index (χ1) is 13.2. The number of anilines is 1. The van der Waals surface area contributed by atoms with Gasteiger partial charge in [-0.15, -0.1) is 0 Å². The smallest absolute Gasteiger partial charge is 0.254 e. The standard InChI is InChI=1S/C20H22N6O/c21-18-13-17(3-8-23-18)20(27)25-10-4-16(5-11-25)19-24-9-12-26(19)14-15-1-6-22-7-2-15/h1-3,6-9,12-13,16H,4-5,10-11,14H2,(H2,21,23). The normalized spacial score (nSPS) is 15.0. The quantitative estimate of drug-likeness (QED) is 0.769. The van der Waals surface area contributed by atoms with E-state index in [9.17, 15) is 4.79 Å². The molecule has 0 aromatic carbocycles. The third-order valence-electron chi connectivity index (χ3n) is 5.03.